The summed E-state index contributed by atoms with van der Waals surface area (Å²) in [6.45, 7) is 4.20. The summed E-state index contributed by atoms with van der Waals surface area (Å²) >= 11 is 0. The number of fused-ring (bicyclic) bond motifs is 1. The lowest BCUT2D eigenvalue weighted by atomic mass is 9.96. The van der Waals surface area contributed by atoms with Crippen LogP contribution in [-0.2, 0) is 12.8 Å². The van der Waals surface area contributed by atoms with Gasteiger partial charge in [-0.15, -0.1) is 0 Å². The highest BCUT2D eigenvalue weighted by molar-refractivity contribution is 5.66. The fraction of sp³-hybridized carbons (Fsp3) is 0.273. The van der Waals surface area contributed by atoms with Gasteiger partial charge in [0.25, 0.3) is 0 Å². The van der Waals surface area contributed by atoms with Crippen LogP contribution >= 0.6 is 0 Å². The van der Waals surface area contributed by atoms with E-state index in [1.54, 1.807) is 0 Å². The molecular weight excluding hydrogens is 320 g/mol. The first kappa shape index (κ1) is 16.6. The van der Waals surface area contributed by atoms with Crippen LogP contribution in [0.15, 0.2) is 48.5 Å². The van der Waals surface area contributed by atoms with E-state index in [1.165, 1.54) is 35.2 Å². The van der Waals surface area contributed by atoms with Crippen LogP contribution in [0.5, 0.6) is 0 Å². The quantitative estimate of drug-likeness (QED) is 0.660. The van der Waals surface area contributed by atoms with Crippen LogP contribution in [0.4, 0.5) is 23.1 Å². The van der Waals surface area contributed by atoms with E-state index in [2.05, 4.69) is 60.9 Å². The molecule has 2 aromatic carbocycles. The van der Waals surface area contributed by atoms with Crippen LogP contribution in [0, 0.1) is 13.8 Å². The van der Waals surface area contributed by atoms with Gasteiger partial charge in [-0.1, -0.05) is 36.4 Å². The summed E-state index contributed by atoms with van der Waals surface area (Å²) in [7, 11) is 0. The Morgan fingerprint density at radius 2 is 1.35 bits per heavy atom. The molecule has 0 radical (unpaired) electrons. The standard InChI is InChI=1S/C22H24N4/c1-15-9-3-6-12-18(15)23-21-17-11-5-8-14-20(17)25-22(26-21)24-19-13-7-4-10-16(19)2/h3-4,6-7,9-10,12-13H,5,8,11,14H2,1-2H3,(H2,23,24,25,26). The molecular formula is C22H24N4. The minimum Gasteiger partial charge on any atom is -0.340 e. The maximum absolute atomic E-state index is 4.83. The molecule has 0 bridgehead atoms. The Balaban J connectivity index is 1.72. The fourth-order valence-electron chi connectivity index (χ4n) is 3.43. The molecule has 0 unspecified atom stereocenters. The second kappa shape index (κ2) is 7.16. The predicted octanol–water partition coefficient (Wildman–Crippen LogP) is 5.46. The smallest absolute Gasteiger partial charge is 0.229 e. The molecule has 0 saturated carbocycles. The Labute approximate surface area is 154 Å². The van der Waals surface area contributed by atoms with Gasteiger partial charge in [0.15, 0.2) is 0 Å². The first-order chi connectivity index (χ1) is 12.7. The van der Waals surface area contributed by atoms with Crippen molar-refractivity contribution in [3.63, 3.8) is 0 Å². The molecule has 1 heterocycles. The Morgan fingerprint density at radius 3 is 2.04 bits per heavy atom. The van der Waals surface area contributed by atoms with E-state index in [0.29, 0.717) is 5.95 Å². The van der Waals surface area contributed by atoms with Crippen molar-refractivity contribution in [2.24, 2.45) is 0 Å². The van der Waals surface area contributed by atoms with Crippen LogP contribution in [0.25, 0.3) is 0 Å². The van der Waals surface area contributed by atoms with Gasteiger partial charge < -0.3 is 10.6 Å². The number of aromatic nitrogens is 2. The molecule has 1 aliphatic rings. The van der Waals surface area contributed by atoms with E-state index < -0.39 is 0 Å². The van der Waals surface area contributed by atoms with Gasteiger partial charge >= 0.3 is 0 Å². The van der Waals surface area contributed by atoms with Gasteiger partial charge in [-0.25, -0.2) is 4.98 Å². The summed E-state index contributed by atoms with van der Waals surface area (Å²) in [6.07, 6.45) is 4.44. The number of para-hydroxylation sites is 2. The largest absolute Gasteiger partial charge is 0.340 e. The third kappa shape index (κ3) is 3.40. The summed E-state index contributed by atoms with van der Waals surface area (Å²) in [4.78, 5) is 9.64. The zero-order chi connectivity index (χ0) is 17.9. The molecule has 0 spiro atoms. The lowest BCUT2D eigenvalue weighted by Gasteiger charge is -2.21. The molecule has 0 aliphatic heterocycles. The van der Waals surface area contributed by atoms with Crippen LogP contribution < -0.4 is 10.6 Å². The highest BCUT2D eigenvalue weighted by Crippen LogP contribution is 2.30. The van der Waals surface area contributed by atoms with Gasteiger partial charge in [-0.05, 0) is 62.8 Å². The predicted molar refractivity (Wildman–Crippen MR) is 108 cm³/mol. The van der Waals surface area contributed by atoms with Crippen LogP contribution in [0.2, 0.25) is 0 Å². The maximum Gasteiger partial charge on any atom is 0.229 e. The summed E-state index contributed by atoms with van der Waals surface area (Å²) in [5.74, 6) is 1.59. The molecule has 3 aromatic rings. The second-order valence-electron chi connectivity index (χ2n) is 6.91. The number of benzene rings is 2. The molecule has 4 heteroatoms. The molecule has 1 aliphatic carbocycles. The molecule has 2 N–H and O–H groups in total. The van der Waals surface area contributed by atoms with E-state index in [1.807, 2.05) is 12.1 Å². The summed E-state index contributed by atoms with van der Waals surface area (Å²) in [5.41, 5.74) is 6.96. The number of nitrogens with one attached hydrogen (secondary N) is 2. The topological polar surface area (TPSA) is 49.8 Å². The van der Waals surface area contributed by atoms with E-state index in [-0.39, 0.29) is 0 Å². The van der Waals surface area contributed by atoms with Crippen LogP contribution in [-0.4, -0.2) is 9.97 Å². The van der Waals surface area contributed by atoms with Gasteiger partial charge in [0, 0.05) is 16.9 Å². The summed E-state index contributed by atoms with van der Waals surface area (Å²) in [6, 6.07) is 16.5. The summed E-state index contributed by atoms with van der Waals surface area (Å²) in [5, 5.41) is 6.95. The van der Waals surface area contributed by atoms with Gasteiger partial charge in [-0.3, -0.25) is 0 Å². The Hall–Kier alpha value is -2.88. The number of anilines is 4. The molecule has 0 fully saturated rings. The second-order valence-corrected chi connectivity index (χ2v) is 6.91. The van der Waals surface area contributed by atoms with Crippen LogP contribution in [0.3, 0.4) is 0 Å². The first-order valence-corrected chi connectivity index (χ1v) is 9.26. The number of rotatable bonds is 4. The van der Waals surface area contributed by atoms with Gasteiger partial charge in [-0.2, -0.15) is 4.98 Å². The normalized spacial score (nSPS) is 13.2. The Bertz CT molecular complexity index is 933. The van der Waals surface area contributed by atoms with Gasteiger partial charge in [0.2, 0.25) is 5.95 Å². The fourth-order valence-corrected chi connectivity index (χ4v) is 3.43. The monoisotopic (exact) mass is 344 g/mol. The van der Waals surface area contributed by atoms with Crippen molar-refractivity contribution in [2.45, 2.75) is 39.5 Å². The first-order valence-electron chi connectivity index (χ1n) is 9.26. The highest BCUT2D eigenvalue weighted by atomic mass is 15.2. The number of aryl methyl sites for hydroxylation is 3. The zero-order valence-electron chi connectivity index (χ0n) is 15.3. The maximum atomic E-state index is 4.83. The number of nitrogens with zero attached hydrogens (tertiary/aromatic N) is 2. The van der Waals surface area contributed by atoms with Gasteiger partial charge in [0.1, 0.15) is 5.82 Å². The Morgan fingerprint density at radius 1 is 0.731 bits per heavy atom. The van der Waals surface area contributed by atoms with E-state index in [4.69, 9.17) is 9.97 Å². The molecule has 4 nitrogen and oxygen atoms in total. The molecule has 0 saturated heterocycles. The Kier molecular flexibility index (Phi) is 4.57. The average molecular weight is 344 g/mol. The van der Waals surface area contributed by atoms with E-state index in [9.17, 15) is 0 Å². The lowest BCUT2D eigenvalue weighted by Crippen LogP contribution is -2.13. The van der Waals surface area contributed by atoms with Crippen molar-refractivity contribution in [3.8, 4) is 0 Å². The molecule has 0 atom stereocenters. The molecule has 132 valence electrons. The third-order valence-corrected chi connectivity index (χ3v) is 4.97. The zero-order valence-corrected chi connectivity index (χ0v) is 15.3. The SMILES string of the molecule is Cc1ccccc1Nc1nc2c(c(Nc3ccccc3C)n1)CCCC2. The van der Waals surface area contributed by atoms with E-state index in [0.717, 1.165) is 30.0 Å². The average Bonchev–Trinajstić information content (AvgIpc) is 2.65. The van der Waals surface area contributed by atoms with Crippen LogP contribution in [0.1, 0.15) is 35.2 Å². The lowest BCUT2D eigenvalue weighted by molar-refractivity contribution is 0.666. The van der Waals surface area contributed by atoms with E-state index >= 15 is 0 Å². The van der Waals surface area contributed by atoms with Crippen molar-refractivity contribution in [1.82, 2.24) is 9.97 Å². The third-order valence-electron chi connectivity index (χ3n) is 4.97. The highest BCUT2D eigenvalue weighted by Gasteiger charge is 2.18. The number of hydrogen-bond acceptors (Lipinski definition) is 4. The molecule has 26 heavy (non-hydrogen) atoms. The van der Waals surface area contributed by atoms with Crippen molar-refractivity contribution in [3.05, 3.63) is 70.9 Å². The van der Waals surface area contributed by atoms with Gasteiger partial charge in [0.05, 0.1) is 5.69 Å². The molecule has 0 amide bonds. The van der Waals surface area contributed by atoms with Crippen molar-refractivity contribution in [2.75, 3.05) is 10.6 Å². The van der Waals surface area contributed by atoms with Crippen molar-refractivity contribution >= 4 is 23.1 Å². The van der Waals surface area contributed by atoms with Crippen molar-refractivity contribution < 1.29 is 0 Å². The molecule has 4 rings (SSSR count). The number of hydrogen-bond donors (Lipinski definition) is 2. The molecule has 1 aromatic heterocycles. The van der Waals surface area contributed by atoms with Crippen molar-refractivity contribution in [1.29, 1.82) is 0 Å². The minimum absolute atomic E-state index is 0.663. The summed E-state index contributed by atoms with van der Waals surface area (Å²) < 4.78 is 0. The minimum atomic E-state index is 0.663.